The van der Waals surface area contributed by atoms with Gasteiger partial charge in [-0.15, -0.1) is 0 Å². The molecule has 1 saturated carbocycles. The zero-order valence-corrected chi connectivity index (χ0v) is 10.3. The molecule has 1 aromatic heterocycles. The van der Waals surface area contributed by atoms with Crippen LogP contribution >= 0.6 is 0 Å². The Morgan fingerprint density at radius 1 is 1.53 bits per heavy atom. The number of carboxylic acids is 1. The number of hydrogen-bond donors (Lipinski definition) is 2. The molecule has 1 aliphatic carbocycles. The Balaban J connectivity index is 2.03. The highest BCUT2D eigenvalue weighted by Gasteiger charge is 2.40. The van der Waals surface area contributed by atoms with Crippen molar-refractivity contribution in [3.8, 4) is 0 Å². The molecule has 0 spiro atoms. The smallest absolute Gasteiger partial charge is 0.337 e. The number of aromatic nitrogens is 1. The summed E-state index contributed by atoms with van der Waals surface area (Å²) in [4.78, 5) is 15.1. The normalized spacial score (nSPS) is 16.6. The van der Waals surface area contributed by atoms with Gasteiger partial charge in [0, 0.05) is 6.54 Å². The van der Waals surface area contributed by atoms with E-state index in [9.17, 15) is 4.79 Å². The molecule has 92 valence electrons. The number of aromatic carboxylic acids is 1. The van der Waals surface area contributed by atoms with E-state index in [-0.39, 0.29) is 5.56 Å². The lowest BCUT2D eigenvalue weighted by molar-refractivity contribution is 0.0695. The van der Waals surface area contributed by atoms with Crippen molar-refractivity contribution in [1.29, 1.82) is 0 Å². The third-order valence-electron chi connectivity index (χ3n) is 3.67. The van der Waals surface area contributed by atoms with Crippen molar-refractivity contribution in [1.82, 2.24) is 4.98 Å². The van der Waals surface area contributed by atoms with Crippen molar-refractivity contribution in [2.24, 2.45) is 5.41 Å². The Morgan fingerprint density at radius 3 is 2.71 bits per heavy atom. The van der Waals surface area contributed by atoms with Crippen molar-refractivity contribution in [2.45, 2.75) is 33.1 Å². The van der Waals surface area contributed by atoms with Crippen LogP contribution in [0.5, 0.6) is 0 Å². The van der Waals surface area contributed by atoms with Crippen molar-refractivity contribution in [3.05, 3.63) is 23.4 Å². The summed E-state index contributed by atoms with van der Waals surface area (Å²) < 4.78 is 0. The summed E-state index contributed by atoms with van der Waals surface area (Å²) in [5.74, 6) is -0.152. The maximum absolute atomic E-state index is 10.8. The van der Waals surface area contributed by atoms with E-state index < -0.39 is 5.97 Å². The van der Waals surface area contributed by atoms with E-state index in [1.54, 1.807) is 19.1 Å². The van der Waals surface area contributed by atoms with Gasteiger partial charge in [-0.2, -0.15) is 0 Å². The number of anilines is 1. The van der Waals surface area contributed by atoms with Crippen molar-refractivity contribution >= 4 is 11.8 Å². The first-order valence-corrected chi connectivity index (χ1v) is 6.01. The van der Waals surface area contributed by atoms with E-state index in [2.05, 4.69) is 17.2 Å². The molecule has 0 saturated heterocycles. The molecular formula is C13H18N2O2. The van der Waals surface area contributed by atoms with E-state index in [1.807, 2.05) is 0 Å². The van der Waals surface area contributed by atoms with Crippen LogP contribution in [0.15, 0.2) is 12.1 Å². The number of nitrogens with one attached hydrogen (secondary N) is 1. The SMILES string of the molecule is CCC1(CNc2ccc(C(=O)O)c(C)n2)CC1. The van der Waals surface area contributed by atoms with Crippen LogP contribution in [0, 0.1) is 12.3 Å². The maximum atomic E-state index is 10.8. The average Bonchev–Trinajstić information content (AvgIpc) is 3.07. The van der Waals surface area contributed by atoms with Crippen molar-refractivity contribution < 1.29 is 9.90 Å². The van der Waals surface area contributed by atoms with Gasteiger partial charge in [-0.1, -0.05) is 6.92 Å². The molecule has 0 atom stereocenters. The van der Waals surface area contributed by atoms with Gasteiger partial charge < -0.3 is 10.4 Å². The van der Waals surface area contributed by atoms with Gasteiger partial charge in [-0.25, -0.2) is 9.78 Å². The first-order chi connectivity index (χ1) is 8.06. The minimum atomic E-state index is -0.922. The standard InChI is InChI=1S/C13H18N2O2/c1-3-13(6-7-13)8-14-11-5-4-10(12(16)17)9(2)15-11/h4-5H,3,6-8H2,1-2H3,(H,14,15)(H,16,17). The third kappa shape index (κ3) is 2.57. The summed E-state index contributed by atoms with van der Waals surface area (Å²) in [6.07, 6.45) is 3.75. The van der Waals surface area contributed by atoms with E-state index in [0.717, 1.165) is 12.4 Å². The molecule has 4 nitrogen and oxygen atoms in total. The van der Waals surface area contributed by atoms with E-state index in [4.69, 9.17) is 5.11 Å². The number of hydrogen-bond acceptors (Lipinski definition) is 3. The Labute approximate surface area is 101 Å². The van der Waals surface area contributed by atoms with Crippen LogP contribution in [-0.2, 0) is 0 Å². The zero-order chi connectivity index (χ0) is 12.5. The largest absolute Gasteiger partial charge is 0.478 e. The molecule has 1 heterocycles. The fourth-order valence-corrected chi connectivity index (χ4v) is 2.00. The van der Waals surface area contributed by atoms with Crippen LogP contribution in [-0.4, -0.2) is 22.6 Å². The third-order valence-corrected chi connectivity index (χ3v) is 3.67. The predicted octanol–water partition coefficient (Wildman–Crippen LogP) is 2.69. The highest BCUT2D eigenvalue weighted by atomic mass is 16.4. The van der Waals surface area contributed by atoms with Gasteiger partial charge in [-0.3, -0.25) is 0 Å². The minimum absolute atomic E-state index is 0.271. The number of carboxylic acid groups (broad SMARTS) is 1. The molecule has 2 rings (SSSR count). The molecule has 17 heavy (non-hydrogen) atoms. The number of rotatable bonds is 5. The summed E-state index contributed by atoms with van der Waals surface area (Å²) in [7, 11) is 0. The molecule has 1 aliphatic rings. The van der Waals surface area contributed by atoms with E-state index in [0.29, 0.717) is 11.1 Å². The molecule has 0 aliphatic heterocycles. The second kappa shape index (κ2) is 4.35. The van der Waals surface area contributed by atoms with Crippen LogP contribution in [0.2, 0.25) is 0 Å². The topological polar surface area (TPSA) is 62.2 Å². The fourth-order valence-electron chi connectivity index (χ4n) is 2.00. The van der Waals surface area contributed by atoms with Crippen molar-refractivity contribution in [3.63, 3.8) is 0 Å². The fraction of sp³-hybridized carbons (Fsp3) is 0.538. The maximum Gasteiger partial charge on any atom is 0.337 e. The monoisotopic (exact) mass is 234 g/mol. The zero-order valence-electron chi connectivity index (χ0n) is 10.3. The summed E-state index contributed by atoms with van der Waals surface area (Å²) in [6.45, 7) is 4.87. The van der Waals surface area contributed by atoms with Gasteiger partial charge >= 0.3 is 5.97 Å². The lowest BCUT2D eigenvalue weighted by Crippen LogP contribution is -2.15. The highest BCUT2D eigenvalue weighted by Crippen LogP contribution is 2.48. The molecule has 0 radical (unpaired) electrons. The molecule has 1 fully saturated rings. The van der Waals surface area contributed by atoms with Crippen LogP contribution in [0.25, 0.3) is 0 Å². The molecule has 0 amide bonds. The van der Waals surface area contributed by atoms with Gasteiger partial charge in [0.2, 0.25) is 0 Å². The van der Waals surface area contributed by atoms with Gasteiger partial charge in [0.05, 0.1) is 11.3 Å². The predicted molar refractivity (Wildman–Crippen MR) is 66.4 cm³/mol. The average molecular weight is 234 g/mol. The van der Waals surface area contributed by atoms with Crippen LogP contribution < -0.4 is 5.32 Å². The number of aryl methyl sites for hydroxylation is 1. The lowest BCUT2D eigenvalue weighted by Gasteiger charge is -2.14. The molecule has 2 N–H and O–H groups in total. The van der Waals surface area contributed by atoms with E-state index in [1.165, 1.54) is 19.3 Å². The molecule has 1 aromatic rings. The van der Waals surface area contributed by atoms with Gasteiger partial charge in [-0.05, 0) is 43.7 Å². The number of nitrogens with zero attached hydrogens (tertiary/aromatic N) is 1. The highest BCUT2D eigenvalue weighted by molar-refractivity contribution is 5.89. The Morgan fingerprint density at radius 2 is 2.24 bits per heavy atom. The molecule has 0 unspecified atom stereocenters. The van der Waals surface area contributed by atoms with Gasteiger partial charge in [0.1, 0.15) is 5.82 Å². The quantitative estimate of drug-likeness (QED) is 0.822. The first-order valence-electron chi connectivity index (χ1n) is 6.01. The summed E-state index contributed by atoms with van der Waals surface area (Å²) in [5, 5.41) is 12.2. The summed E-state index contributed by atoms with van der Waals surface area (Å²) in [6, 6.07) is 3.35. The van der Waals surface area contributed by atoms with E-state index >= 15 is 0 Å². The lowest BCUT2D eigenvalue weighted by atomic mass is 10.0. The van der Waals surface area contributed by atoms with Crippen LogP contribution in [0.3, 0.4) is 0 Å². The number of carbonyl (C=O) groups is 1. The minimum Gasteiger partial charge on any atom is -0.478 e. The second-order valence-electron chi connectivity index (χ2n) is 4.84. The van der Waals surface area contributed by atoms with Gasteiger partial charge in [0.15, 0.2) is 0 Å². The first kappa shape index (κ1) is 11.9. The molecule has 0 aromatic carbocycles. The Bertz CT molecular complexity index is 439. The second-order valence-corrected chi connectivity index (χ2v) is 4.84. The summed E-state index contributed by atoms with van der Waals surface area (Å²) in [5.41, 5.74) is 1.29. The van der Waals surface area contributed by atoms with Crippen molar-refractivity contribution in [2.75, 3.05) is 11.9 Å². The molecule has 0 bridgehead atoms. The molecular weight excluding hydrogens is 216 g/mol. The Hall–Kier alpha value is -1.58. The Kier molecular flexibility index (Phi) is 3.05. The van der Waals surface area contributed by atoms with Gasteiger partial charge in [0.25, 0.3) is 0 Å². The molecule has 4 heteroatoms. The van der Waals surface area contributed by atoms with Crippen LogP contribution in [0.4, 0.5) is 5.82 Å². The summed E-state index contributed by atoms with van der Waals surface area (Å²) >= 11 is 0. The van der Waals surface area contributed by atoms with Crippen LogP contribution in [0.1, 0.15) is 42.2 Å². The number of pyridine rings is 1.